The van der Waals surface area contributed by atoms with E-state index in [1.807, 2.05) is 45.0 Å². The zero-order chi connectivity index (χ0) is 27.9. The smallest absolute Gasteiger partial charge is 0.309 e. The van der Waals surface area contributed by atoms with Gasteiger partial charge in [-0.3, -0.25) is 19.2 Å². The second kappa shape index (κ2) is 8.54. The van der Waals surface area contributed by atoms with E-state index in [-0.39, 0.29) is 36.2 Å². The minimum absolute atomic E-state index is 0.0427. The fourth-order valence-electron chi connectivity index (χ4n) is 8.73. The van der Waals surface area contributed by atoms with E-state index < -0.39 is 35.2 Å². The maximum Gasteiger partial charge on any atom is 0.309 e. The molecule has 4 bridgehead atoms. The van der Waals surface area contributed by atoms with Crippen LogP contribution in [0.5, 0.6) is 0 Å². The number of para-hydroxylation sites is 1. The Morgan fingerprint density at radius 3 is 2.54 bits per heavy atom. The number of nitriles is 1. The van der Waals surface area contributed by atoms with Crippen LogP contribution in [0.2, 0.25) is 0 Å². The highest BCUT2D eigenvalue weighted by Crippen LogP contribution is 2.67. The lowest BCUT2D eigenvalue weighted by molar-refractivity contribution is -0.143. The Morgan fingerprint density at radius 2 is 1.92 bits per heavy atom. The Bertz CT molecular complexity index is 1310. The minimum atomic E-state index is -1.02. The third-order valence-electron chi connectivity index (χ3n) is 10.3. The molecule has 1 aromatic carbocycles. The maximum atomic E-state index is 14.0. The molecule has 0 aromatic heterocycles. The molecule has 2 heterocycles. The lowest BCUT2D eigenvalue weighted by Crippen LogP contribution is -2.57. The number of hydrogen-bond donors (Lipinski definition) is 3. The fourth-order valence-corrected chi connectivity index (χ4v) is 8.73. The normalized spacial score (nSPS) is 36.1. The number of benzene rings is 1. The van der Waals surface area contributed by atoms with Crippen LogP contribution in [0.1, 0.15) is 65.4 Å². The Kier molecular flexibility index (Phi) is 5.66. The van der Waals surface area contributed by atoms with E-state index in [4.69, 9.17) is 0 Å². The van der Waals surface area contributed by atoms with Gasteiger partial charge in [0, 0.05) is 24.2 Å². The lowest BCUT2D eigenvalue weighted by Gasteiger charge is -2.33. The van der Waals surface area contributed by atoms with Crippen molar-refractivity contribution >= 4 is 29.3 Å². The van der Waals surface area contributed by atoms with Crippen LogP contribution < -0.4 is 16.0 Å². The van der Waals surface area contributed by atoms with Gasteiger partial charge in [-0.15, -0.1) is 0 Å². The van der Waals surface area contributed by atoms with Gasteiger partial charge in [-0.05, 0) is 66.4 Å². The van der Waals surface area contributed by atoms with E-state index >= 15 is 0 Å². The summed E-state index contributed by atoms with van der Waals surface area (Å²) < 4.78 is 0. The molecule has 6 aliphatic rings. The molecule has 9 nitrogen and oxygen atoms in total. The van der Waals surface area contributed by atoms with Crippen molar-refractivity contribution in [2.24, 2.45) is 29.1 Å². The summed E-state index contributed by atoms with van der Waals surface area (Å²) in [4.78, 5) is 54.9. The first-order valence-electron chi connectivity index (χ1n) is 14.1. The van der Waals surface area contributed by atoms with Gasteiger partial charge < -0.3 is 20.9 Å². The molecule has 7 rings (SSSR count). The quantitative estimate of drug-likeness (QED) is 0.514. The number of fused-ring (bicyclic) bond motifs is 2. The predicted octanol–water partition coefficient (Wildman–Crippen LogP) is 2.47. The fraction of sp³-hybridized carbons (Fsp3) is 0.633. The first kappa shape index (κ1) is 25.8. The van der Waals surface area contributed by atoms with Crippen molar-refractivity contribution < 1.29 is 19.2 Å². The Hall–Kier alpha value is -3.41. The highest BCUT2D eigenvalue weighted by Gasteiger charge is 2.67. The van der Waals surface area contributed by atoms with Crippen molar-refractivity contribution in [3.8, 4) is 6.07 Å². The van der Waals surface area contributed by atoms with E-state index in [0.717, 1.165) is 24.8 Å². The Labute approximate surface area is 229 Å². The van der Waals surface area contributed by atoms with Gasteiger partial charge in [0.2, 0.25) is 11.8 Å². The Balaban J connectivity index is 1.21. The zero-order valence-electron chi connectivity index (χ0n) is 23.0. The molecular formula is C30H37N5O4. The SMILES string of the molecule is C[C@H]1C2C[C@]3(NC(=O)C(=O)N[C@@H](CC(C)(C)C)C(=O)N4C[C@]5(C[C@H]4C#N)C(=O)Nc4ccccc45)CC2CC13. The van der Waals surface area contributed by atoms with Crippen LogP contribution in [-0.2, 0) is 24.6 Å². The first-order chi connectivity index (χ1) is 18.4. The van der Waals surface area contributed by atoms with Gasteiger partial charge in [0.1, 0.15) is 12.1 Å². The van der Waals surface area contributed by atoms with Crippen LogP contribution in [0.4, 0.5) is 5.69 Å². The van der Waals surface area contributed by atoms with Crippen LogP contribution in [0.3, 0.4) is 0 Å². The summed E-state index contributed by atoms with van der Waals surface area (Å²) in [6.07, 6.45) is 3.43. The molecule has 3 unspecified atom stereocenters. The van der Waals surface area contributed by atoms with Crippen molar-refractivity contribution in [2.45, 2.75) is 82.8 Å². The van der Waals surface area contributed by atoms with Gasteiger partial charge in [-0.1, -0.05) is 45.9 Å². The summed E-state index contributed by atoms with van der Waals surface area (Å²) in [5, 5.41) is 18.7. The summed E-state index contributed by atoms with van der Waals surface area (Å²) in [5.74, 6) is 0.0404. The molecule has 4 aliphatic carbocycles. The van der Waals surface area contributed by atoms with E-state index in [1.54, 1.807) is 0 Å². The zero-order valence-corrected chi connectivity index (χ0v) is 23.0. The minimum Gasteiger partial charge on any atom is -0.342 e. The molecule has 1 spiro atoms. The number of amides is 4. The number of likely N-dealkylation sites (tertiary alicyclic amines) is 1. The van der Waals surface area contributed by atoms with E-state index in [9.17, 15) is 24.4 Å². The molecule has 4 amide bonds. The molecular weight excluding hydrogens is 494 g/mol. The standard InChI is InChI=1S/C30H37N5O4/c1-16-19-12-30(10-17(19)9-21(16)30)34-25(37)24(36)32-23(13-28(2,3)4)26(38)35-15-29(11-18(35)14-31)20-7-5-6-8-22(20)33-27(29)39/h5-8,16-19,21,23H,9-13,15H2,1-4H3,(H,32,36)(H,33,39)(H,34,37)/t16-,17?,18-,19?,21?,23-,29-,30+/m0/s1. The number of carbonyl (C=O) groups is 4. The summed E-state index contributed by atoms with van der Waals surface area (Å²) in [5.41, 5.74) is -0.195. The topological polar surface area (TPSA) is 131 Å². The summed E-state index contributed by atoms with van der Waals surface area (Å²) in [6.45, 7) is 8.16. The third kappa shape index (κ3) is 3.86. The molecule has 5 fully saturated rings. The molecule has 8 atom stereocenters. The number of hydrogen-bond acceptors (Lipinski definition) is 5. The van der Waals surface area contributed by atoms with Crippen LogP contribution in [0, 0.1) is 40.4 Å². The number of nitrogens with one attached hydrogen (secondary N) is 3. The Morgan fingerprint density at radius 1 is 1.18 bits per heavy atom. The number of anilines is 1. The number of carbonyl (C=O) groups excluding carboxylic acids is 4. The largest absolute Gasteiger partial charge is 0.342 e. The van der Waals surface area contributed by atoms with E-state index in [2.05, 4.69) is 28.9 Å². The van der Waals surface area contributed by atoms with Crippen molar-refractivity contribution in [1.82, 2.24) is 15.5 Å². The predicted molar refractivity (Wildman–Crippen MR) is 143 cm³/mol. The number of nitrogens with zero attached hydrogens (tertiary/aromatic N) is 2. The molecule has 206 valence electrons. The molecule has 4 saturated carbocycles. The second-order valence-corrected chi connectivity index (χ2v) is 13.8. The average Bonchev–Trinajstić information content (AvgIpc) is 3.68. The maximum absolute atomic E-state index is 14.0. The van der Waals surface area contributed by atoms with Gasteiger partial charge in [-0.2, -0.15) is 5.26 Å². The molecule has 1 aromatic rings. The highest BCUT2D eigenvalue weighted by molar-refractivity contribution is 6.35. The van der Waals surface area contributed by atoms with Gasteiger partial charge >= 0.3 is 11.8 Å². The monoisotopic (exact) mass is 531 g/mol. The van der Waals surface area contributed by atoms with Crippen molar-refractivity contribution in [2.75, 3.05) is 11.9 Å². The van der Waals surface area contributed by atoms with Crippen molar-refractivity contribution in [3.05, 3.63) is 29.8 Å². The molecule has 9 heteroatoms. The second-order valence-electron chi connectivity index (χ2n) is 13.8. The molecule has 0 radical (unpaired) electrons. The van der Waals surface area contributed by atoms with Crippen molar-refractivity contribution in [3.63, 3.8) is 0 Å². The summed E-state index contributed by atoms with van der Waals surface area (Å²) >= 11 is 0. The molecule has 1 saturated heterocycles. The first-order valence-corrected chi connectivity index (χ1v) is 14.1. The van der Waals surface area contributed by atoms with Crippen molar-refractivity contribution in [1.29, 1.82) is 5.26 Å². The lowest BCUT2D eigenvalue weighted by atomic mass is 9.80. The van der Waals surface area contributed by atoms with Gasteiger partial charge in [0.05, 0.1) is 11.5 Å². The molecule has 2 aliphatic heterocycles. The molecule has 39 heavy (non-hydrogen) atoms. The summed E-state index contributed by atoms with van der Waals surface area (Å²) in [6, 6.07) is 7.72. The van der Waals surface area contributed by atoms with Gasteiger partial charge in [0.15, 0.2) is 0 Å². The third-order valence-corrected chi connectivity index (χ3v) is 10.3. The average molecular weight is 532 g/mol. The van der Waals surface area contributed by atoms with Crippen LogP contribution >= 0.6 is 0 Å². The van der Waals surface area contributed by atoms with Crippen LogP contribution in [0.25, 0.3) is 0 Å². The number of rotatable bonds is 4. The van der Waals surface area contributed by atoms with E-state index in [0.29, 0.717) is 29.4 Å². The van der Waals surface area contributed by atoms with E-state index in [1.165, 1.54) is 4.90 Å². The molecule has 3 N–H and O–H groups in total. The van der Waals surface area contributed by atoms with Gasteiger partial charge in [-0.25, -0.2) is 0 Å². The van der Waals surface area contributed by atoms with Gasteiger partial charge in [0.25, 0.3) is 0 Å². The van der Waals surface area contributed by atoms with Crippen LogP contribution in [0.15, 0.2) is 24.3 Å². The summed E-state index contributed by atoms with van der Waals surface area (Å²) in [7, 11) is 0. The van der Waals surface area contributed by atoms with Crippen LogP contribution in [-0.4, -0.2) is 52.7 Å². The highest BCUT2D eigenvalue weighted by atomic mass is 16.2.